The quantitative estimate of drug-likeness (QED) is 0.865. The van der Waals surface area contributed by atoms with Gasteiger partial charge in [0.05, 0.1) is 11.5 Å². The number of likely N-dealkylation sites (tertiary alicyclic amines) is 1. The van der Waals surface area contributed by atoms with Crippen LogP contribution in [0.25, 0.3) is 0 Å². The molecule has 6 heteroatoms. The highest BCUT2D eigenvalue weighted by Crippen LogP contribution is 2.21. The third-order valence-electron chi connectivity index (χ3n) is 3.45. The summed E-state index contributed by atoms with van der Waals surface area (Å²) < 4.78 is 0. The number of hydrogen-bond acceptors (Lipinski definition) is 3. The number of carboxylic acids is 1. The molecule has 2 rings (SSSR count). The molecule has 0 saturated carbocycles. The molecular formula is C14H16N2O4. The molecule has 1 atom stereocenters. The van der Waals surface area contributed by atoms with Gasteiger partial charge in [0.15, 0.2) is 0 Å². The minimum Gasteiger partial charge on any atom is -0.478 e. The molecule has 106 valence electrons. The van der Waals surface area contributed by atoms with Crippen LogP contribution in [0.4, 0.5) is 5.69 Å². The maximum absolute atomic E-state index is 12.1. The Morgan fingerprint density at radius 3 is 2.65 bits per heavy atom. The number of nitrogens with one attached hydrogen (secondary N) is 1. The standard InChI is InChI=1S/C14H16N2O4/c1-8-3-4-9(14(19)20)5-11(8)15-13(18)10-6-12(17)16(2)7-10/h3-5,10H,6-7H2,1-2H3,(H,15,18)(H,19,20). The van der Waals surface area contributed by atoms with Crippen LogP contribution in [-0.4, -0.2) is 41.4 Å². The van der Waals surface area contributed by atoms with Crippen molar-refractivity contribution in [3.05, 3.63) is 29.3 Å². The molecule has 1 saturated heterocycles. The second-order valence-corrected chi connectivity index (χ2v) is 5.00. The summed E-state index contributed by atoms with van der Waals surface area (Å²) >= 11 is 0. The summed E-state index contributed by atoms with van der Waals surface area (Å²) in [4.78, 5) is 36.0. The molecule has 1 aromatic rings. The lowest BCUT2D eigenvalue weighted by atomic mass is 10.1. The van der Waals surface area contributed by atoms with Crippen molar-refractivity contribution in [1.82, 2.24) is 4.90 Å². The van der Waals surface area contributed by atoms with Gasteiger partial charge in [-0.3, -0.25) is 9.59 Å². The average Bonchev–Trinajstić information content (AvgIpc) is 2.72. The number of aryl methyl sites for hydroxylation is 1. The van der Waals surface area contributed by atoms with Gasteiger partial charge in [0.25, 0.3) is 0 Å². The van der Waals surface area contributed by atoms with E-state index in [1.54, 1.807) is 20.0 Å². The fourth-order valence-electron chi connectivity index (χ4n) is 2.16. The van der Waals surface area contributed by atoms with Crippen molar-refractivity contribution in [2.24, 2.45) is 5.92 Å². The number of benzene rings is 1. The van der Waals surface area contributed by atoms with E-state index in [1.807, 2.05) is 0 Å². The SMILES string of the molecule is Cc1ccc(C(=O)O)cc1NC(=O)C1CC(=O)N(C)C1. The highest BCUT2D eigenvalue weighted by Gasteiger charge is 2.32. The monoisotopic (exact) mass is 276 g/mol. The number of amides is 2. The molecule has 1 aliphatic heterocycles. The number of hydrogen-bond donors (Lipinski definition) is 2. The van der Waals surface area contributed by atoms with Gasteiger partial charge < -0.3 is 15.3 Å². The molecule has 6 nitrogen and oxygen atoms in total. The Balaban J connectivity index is 2.14. The first-order chi connectivity index (χ1) is 9.38. The Morgan fingerprint density at radius 1 is 1.40 bits per heavy atom. The van der Waals surface area contributed by atoms with Crippen LogP contribution in [0.15, 0.2) is 18.2 Å². The van der Waals surface area contributed by atoms with Crippen LogP contribution in [0.3, 0.4) is 0 Å². The third-order valence-corrected chi connectivity index (χ3v) is 3.45. The Kier molecular flexibility index (Phi) is 3.74. The zero-order valence-electron chi connectivity index (χ0n) is 11.3. The predicted molar refractivity (Wildman–Crippen MR) is 72.5 cm³/mol. The van der Waals surface area contributed by atoms with Gasteiger partial charge in [-0.05, 0) is 24.6 Å². The molecule has 1 heterocycles. The van der Waals surface area contributed by atoms with Crippen LogP contribution < -0.4 is 5.32 Å². The number of carbonyl (C=O) groups excluding carboxylic acids is 2. The fourth-order valence-corrected chi connectivity index (χ4v) is 2.16. The van der Waals surface area contributed by atoms with Gasteiger partial charge in [-0.15, -0.1) is 0 Å². The van der Waals surface area contributed by atoms with Crippen molar-refractivity contribution < 1.29 is 19.5 Å². The summed E-state index contributed by atoms with van der Waals surface area (Å²) in [6, 6.07) is 4.56. The molecular weight excluding hydrogens is 260 g/mol. The minimum atomic E-state index is -1.05. The van der Waals surface area contributed by atoms with Gasteiger partial charge in [0.2, 0.25) is 11.8 Å². The van der Waals surface area contributed by atoms with Crippen LogP contribution >= 0.6 is 0 Å². The summed E-state index contributed by atoms with van der Waals surface area (Å²) in [6.45, 7) is 2.18. The highest BCUT2D eigenvalue weighted by molar-refractivity contribution is 5.98. The topological polar surface area (TPSA) is 86.7 Å². The maximum Gasteiger partial charge on any atom is 0.335 e. The normalized spacial score (nSPS) is 18.2. The van der Waals surface area contributed by atoms with Gasteiger partial charge in [-0.1, -0.05) is 6.07 Å². The molecule has 20 heavy (non-hydrogen) atoms. The first kappa shape index (κ1) is 14.0. The van der Waals surface area contributed by atoms with Gasteiger partial charge in [-0.2, -0.15) is 0 Å². The maximum atomic E-state index is 12.1. The van der Waals surface area contributed by atoms with Gasteiger partial charge >= 0.3 is 5.97 Å². The Hall–Kier alpha value is -2.37. The first-order valence-electron chi connectivity index (χ1n) is 6.27. The van der Waals surface area contributed by atoms with E-state index in [2.05, 4.69) is 5.32 Å². The molecule has 1 fully saturated rings. The van der Waals surface area contributed by atoms with E-state index in [4.69, 9.17) is 5.11 Å². The molecule has 2 N–H and O–H groups in total. The summed E-state index contributed by atoms with van der Waals surface area (Å²) in [5.74, 6) is -1.74. The van der Waals surface area contributed by atoms with Gasteiger partial charge in [-0.25, -0.2) is 4.79 Å². The van der Waals surface area contributed by atoms with Crippen molar-refractivity contribution in [3.8, 4) is 0 Å². The van der Waals surface area contributed by atoms with Gasteiger partial charge in [0, 0.05) is 25.7 Å². The number of aromatic carboxylic acids is 1. The lowest BCUT2D eigenvalue weighted by molar-refractivity contribution is -0.127. The molecule has 1 aromatic carbocycles. The van der Waals surface area contributed by atoms with E-state index in [1.165, 1.54) is 17.0 Å². The van der Waals surface area contributed by atoms with Crippen molar-refractivity contribution in [2.45, 2.75) is 13.3 Å². The second-order valence-electron chi connectivity index (χ2n) is 5.00. The van der Waals surface area contributed by atoms with Crippen LogP contribution in [0.1, 0.15) is 22.3 Å². The molecule has 0 aromatic heterocycles. The minimum absolute atomic E-state index is 0.0545. The van der Waals surface area contributed by atoms with E-state index in [0.717, 1.165) is 5.56 Å². The van der Waals surface area contributed by atoms with E-state index in [-0.39, 0.29) is 29.7 Å². The largest absolute Gasteiger partial charge is 0.478 e. The molecule has 0 radical (unpaired) electrons. The van der Waals surface area contributed by atoms with Crippen LogP contribution in [0, 0.1) is 12.8 Å². The van der Waals surface area contributed by atoms with Crippen molar-refractivity contribution in [2.75, 3.05) is 18.9 Å². The second kappa shape index (κ2) is 5.32. The number of nitrogens with zero attached hydrogens (tertiary/aromatic N) is 1. The molecule has 1 unspecified atom stereocenters. The Morgan fingerprint density at radius 2 is 2.10 bits per heavy atom. The number of carboxylic acid groups (broad SMARTS) is 1. The van der Waals surface area contributed by atoms with Crippen LogP contribution in [0.5, 0.6) is 0 Å². The Labute approximate surface area is 116 Å². The summed E-state index contributed by atoms with van der Waals surface area (Å²) in [6.07, 6.45) is 0.194. The third kappa shape index (κ3) is 2.79. The van der Waals surface area contributed by atoms with E-state index in [0.29, 0.717) is 12.2 Å². The van der Waals surface area contributed by atoms with E-state index < -0.39 is 5.97 Å². The number of rotatable bonds is 3. The average molecular weight is 276 g/mol. The lowest BCUT2D eigenvalue weighted by Gasteiger charge is -2.13. The van der Waals surface area contributed by atoms with Crippen molar-refractivity contribution >= 4 is 23.5 Å². The molecule has 0 bridgehead atoms. The van der Waals surface area contributed by atoms with Crippen molar-refractivity contribution in [3.63, 3.8) is 0 Å². The van der Waals surface area contributed by atoms with Crippen LogP contribution in [-0.2, 0) is 9.59 Å². The zero-order chi connectivity index (χ0) is 14.9. The van der Waals surface area contributed by atoms with Gasteiger partial charge in [0.1, 0.15) is 0 Å². The first-order valence-corrected chi connectivity index (χ1v) is 6.27. The fraction of sp³-hybridized carbons (Fsp3) is 0.357. The molecule has 0 aliphatic carbocycles. The van der Waals surface area contributed by atoms with E-state index in [9.17, 15) is 14.4 Å². The zero-order valence-corrected chi connectivity index (χ0v) is 11.3. The summed E-state index contributed by atoms with van der Waals surface area (Å²) in [7, 11) is 1.66. The number of anilines is 1. The summed E-state index contributed by atoms with van der Waals surface area (Å²) in [5.41, 5.74) is 1.36. The summed E-state index contributed by atoms with van der Waals surface area (Å²) in [5, 5.41) is 11.7. The van der Waals surface area contributed by atoms with Crippen molar-refractivity contribution in [1.29, 1.82) is 0 Å². The smallest absolute Gasteiger partial charge is 0.335 e. The lowest BCUT2D eigenvalue weighted by Crippen LogP contribution is -2.26. The Bertz CT molecular complexity index is 583. The molecule has 2 amide bonds. The number of carbonyl (C=O) groups is 3. The van der Waals surface area contributed by atoms with E-state index >= 15 is 0 Å². The molecule has 1 aliphatic rings. The predicted octanol–water partition coefficient (Wildman–Crippen LogP) is 1.11. The molecule has 0 spiro atoms. The highest BCUT2D eigenvalue weighted by atomic mass is 16.4. The van der Waals surface area contributed by atoms with Crippen LogP contribution in [0.2, 0.25) is 0 Å².